The van der Waals surface area contributed by atoms with Crippen LogP contribution in [0.4, 0.5) is 0 Å². The van der Waals surface area contributed by atoms with Crippen molar-refractivity contribution in [3.8, 4) is 5.75 Å². The molecule has 1 aromatic rings. The van der Waals surface area contributed by atoms with E-state index in [1.165, 1.54) is 22.3 Å². The van der Waals surface area contributed by atoms with Gasteiger partial charge >= 0.3 is 0 Å². The smallest absolute Gasteiger partial charge is 0.126 e. The molecule has 0 fully saturated rings. The van der Waals surface area contributed by atoms with E-state index in [2.05, 4.69) is 68.8 Å². The Morgan fingerprint density at radius 2 is 2.10 bits per heavy atom. The maximum Gasteiger partial charge on any atom is 0.126 e. The summed E-state index contributed by atoms with van der Waals surface area (Å²) in [7, 11) is 0. The van der Waals surface area contributed by atoms with E-state index in [0.717, 1.165) is 25.0 Å². The van der Waals surface area contributed by atoms with E-state index in [0.29, 0.717) is 4.83 Å². The number of allylic oxidation sites excluding steroid dienone is 2. The average molecular weight is 337 g/mol. The summed E-state index contributed by atoms with van der Waals surface area (Å²) in [5.41, 5.74) is 5.16. The Kier molecular flexibility index (Phi) is 4.63. The van der Waals surface area contributed by atoms with Gasteiger partial charge in [-0.05, 0) is 65.0 Å². The van der Waals surface area contributed by atoms with E-state index in [1.54, 1.807) is 0 Å². The second kappa shape index (κ2) is 5.93. The molecule has 0 amide bonds. The van der Waals surface area contributed by atoms with Crippen LogP contribution in [-0.4, -0.2) is 10.4 Å². The third kappa shape index (κ3) is 3.28. The molecule has 0 bridgehead atoms. The number of benzene rings is 1. The zero-order valence-electron chi connectivity index (χ0n) is 13.2. The van der Waals surface area contributed by atoms with Gasteiger partial charge in [-0.25, -0.2) is 0 Å². The minimum absolute atomic E-state index is 0.126. The first-order chi connectivity index (χ1) is 9.32. The molecular formula is C18H25BrO. The van der Waals surface area contributed by atoms with Crippen LogP contribution >= 0.6 is 15.9 Å². The molecule has 1 heterocycles. The lowest BCUT2D eigenvalue weighted by atomic mass is 9.87. The van der Waals surface area contributed by atoms with Gasteiger partial charge in [0.15, 0.2) is 0 Å². The lowest BCUT2D eigenvalue weighted by Gasteiger charge is -2.40. The molecule has 1 aliphatic rings. The monoisotopic (exact) mass is 336 g/mol. The summed E-state index contributed by atoms with van der Waals surface area (Å²) in [6.07, 6.45) is 5.46. The van der Waals surface area contributed by atoms with Crippen LogP contribution in [0.2, 0.25) is 0 Å². The molecule has 2 atom stereocenters. The summed E-state index contributed by atoms with van der Waals surface area (Å²) in [6, 6.07) is 4.47. The largest absolute Gasteiger partial charge is 0.486 e. The summed E-state index contributed by atoms with van der Waals surface area (Å²) < 4.78 is 6.42. The van der Waals surface area contributed by atoms with Gasteiger partial charge in [0.05, 0.1) is 4.83 Å². The highest BCUT2D eigenvalue weighted by atomic mass is 79.9. The topological polar surface area (TPSA) is 9.23 Å². The number of hydrogen-bond donors (Lipinski definition) is 0. The number of aryl methyl sites for hydroxylation is 2. The van der Waals surface area contributed by atoms with Gasteiger partial charge in [0, 0.05) is 0 Å². The van der Waals surface area contributed by atoms with E-state index >= 15 is 0 Å². The van der Waals surface area contributed by atoms with Crippen molar-refractivity contribution in [2.24, 2.45) is 0 Å². The molecule has 1 nitrogen and oxygen atoms in total. The lowest BCUT2D eigenvalue weighted by Crippen LogP contribution is -2.46. The molecule has 0 saturated heterocycles. The molecular weight excluding hydrogens is 312 g/mol. The Labute approximate surface area is 131 Å². The van der Waals surface area contributed by atoms with Crippen LogP contribution in [0.25, 0.3) is 0 Å². The second-order valence-electron chi connectivity index (χ2n) is 6.48. The van der Waals surface area contributed by atoms with Crippen molar-refractivity contribution >= 4 is 15.9 Å². The second-order valence-corrected chi connectivity index (χ2v) is 7.58. The normalized spacial score (nSPS) is 24.8. The van der Waals surface area contributed by atoms with Crippen molar-refractivity contribution in [1.29, 1.82) is 0 Å². The summed E-state index contributed by atoms with van der Waals surface area (Å²) in [4.78, 5) is 0.370. The molecule has 0 saturated carbocycles. The van der Waals surface area contributed by atoms with E-state index in [1.807, 2.05) is 0 Å². The SMILES string of the molecule is CC(C)=CCCC1(C)Oc2c(C)cc(C)cc2CC1Br. The fourth-order valence-electron chi connectivity index (χ4n) is 2.90. The minimum atomic E-state index is -0.126. The molecule has 1 aliphatic heterocycles. The number of hydrogen-bond acceptors (Lipinski definition) is 1. The maximum absolute atomic E-state index is 6.42. The molecule has 0 radical (unpaired) electrons. The molecule has 2 heteroatoms. The van der Waals surface area contributed by atoms with Gasteiger partial charge in [-0.15, -0.1) is 0 Å². The Morgan fingerprint density at radius 3 is 2.75 bits per heavy atom. The number of fused-ring (bicyclic) bond motifs is 1. The number of alkyl halides is 1. The Morgan fingerprint density at radius 1 is 1.40 bits per heavy atom. The van der Waals surface area contributed by atoms with Gasteiger partial charge in [0.25, 0.3) is 0 Å². The van der Waals surface area contributed by atoms with Crippen molar-refractivity contribution < 1.29 is 4.74 Å². The third-order valence-electron chi connectivity index (χ3n) is 4.09. The van der Waals surface area contributed by atoms with E-state index < -0.39 is 0 Å². The predicted octanol–water partition coefficient (Wildman–Crippen LogP) is 5.51. The maximum atomic E-state index is 6.42. The van der Waals surface area contributed by atoms with Crippen LogP contribution in [-0.2, 0) is 6.42 Å². The van der Waals surface area contributed by atoms with Crippen LogP contribution in [0.5, 0.6) is 5.75 Å². The Balaban J connectivity index is 2.24. The Hall–Kier alpha value is -0.760. The highest BCUT2D eigenvalue weighted by Gasteiger charge is 2.39. The van der Waals surface area contributed by atoms with Crippen LogP contribution in [0, 0.1) is 13.8 Å². The molecule has 0 spiro atoms. The lowest BCUT2D eigenvalue weighted by molar-refractivity contribution is 0.0648. The van der Waals surface area contributed by atoms with Crippen molar-refractivity contribution in [3.05, 3.63) is 40.5 Å². The summed E-state index contributed by atoms with van der Waals surface area (Å²) >= 11 is 3.85. The first-order valence-electron chi connectivity index (χ1n) is 7.38. The molecule has 0 N–H and O–H groups in total. The summed E-state index contributed by atoms with van der Waals surface area (Å²) in [5, 5.41) is 0. The quantitative estimate of drug-likeness (QED) is 0.522. The van der Waals surface area contributed by atoms with Gasteiger partial charge in [0.1, 0.15) is 11.4 Å². The average Bonchev–Trinajstić information content (AvgIpc) is 2.31. The van der Waals surface area contributed by atoms with Gasteiger partial charge < -0.3 is 4.74 Å². The molecule has 110 valence electrons. The molecule has 20 heavy (non-hydrogen) atoms. The van der Waals surface area contributed by atoms with Crippen LogP contribution in [0.15, 0.2) is 23.8 Å². The molecule has 2 rings (SSSR count). The standard InChI is InChI=1S/C18H25BrO/c1-12(2)7-6-8-18(5)16(19)11-15-10-13(3)9-14(4)17(15)20-18/h7,9-10,16H,6,8,11H2,1-5H3. The fourth-order valence-corrected chi connectivity index (χ4v) is 3.57. The van der Waals surface area contributed by atoms with Crippen molar-refractivity contribution in [3.63, 3.8) is 0 Å². The third-order valence-corrected chi connectivity index (χ3v) is 5.38. The Bertz CT molecular complexity index is 528. The molecule has 1 aromatic carbocycles. The first kappa shape index (κ1) is 15.6. The first-order valence-corrected chi connectivity index (χ1v) is 8.30. The van der Waals surface area contributed by atoms with Gasteiger partial charge in [-0.3, -0.25) is 0 Å². The highest BCUT2D eigenvalue weighted by Crippen LogP contribution is 2.41. The number of ether oxygens (including phenoxy) is 1. The number of rotatable bonds is 3. The van der Waals surface area contributed by atoms with Crippen molar-refractivity contribution in [1.82, 2.24) is 0 Å². The van der Waals surface area contributed by atoms with Gasteiger partial charge in [0.2, 0.25) is 0 Å². The van der Waals surface area contributed by atoms with E-state index in [9.17, 15) is 0 Å². The van der Waals surface area contributed by atoms with Crippen molar-refractivity contribution in [2.75, 3.05) is 0 Å². The van der Waals surface area contributed by atoms with E-state index in [-0.39, 0.29) is 5.60 Å². The van der Waals surface area contributed by atoms with Crippen molar-refractivity contribution in [2.45, 2.75) is 64.3 Å². The minimum Gasteiger partial charge on any atom is -0.486 e. The van der Waals surface area contributed by atoms with Crippen LogP contribution < -0.4 is 4.74 Å². The zero-order valence-corrected chi connectivity index (χ0v) is 14.8. The zero-order chi connectivity index (χ0) is 14.9. The molecule has 0 aromatic heterocycles. The van der Waals surface area contributed by atoms with Gasteiger partial charge in [-0.2, -0.15) is 0 Å². The summed E-state index contributed by atoms with van der Waals surface area (Å²) in [6.45, 7) is 10.8. The van der Waals surface area contributed by atoms with E-state index in [4.69, 9.17) is 4.74 Å². The fraction of sp³-hybridized carbons (Fsp3) is 0.556. The molecule has 2 unspecified atom stereocenters. The summed E-state index contributed by atoms with van der Waals surface area (Å²) in [5.74, 6) is 1.10. The van der Waals surface area contributed by atoms with Crippen LogP contribution in [0.3, 0.4) is 0 Å². The van der Waals surface area contributed by atoms with Gasteiger partial charge in [-0.1, -0.05) is 45.3 Å². The van der Waals surface area contributed by atoms with Crippen LogP contribution in [0.1, 0.15) is 50.3 Å². The molecule has 0 aliphatic carbocycles. The predicted molar refractivity (Wildman–Crippen MR) is 90.0 cm³/mol. The highest BCUT2D eigenvalue weighted by molar-refractivity contribution is 9.09. The number of halogens is 1.